The third-order valence-corrected chi connectivity index (χ3v) is 4.79. The minimum atomic E-state index is 0.333. The van der Waals surface area contributed by atoms with E-state index in [1.165, 1.54) is 5.56 Å². The van der Waals surface area contributed by atoms with Crippen LogP contribution in [0, 0.1) is 0 Å². The Morgan fingerprint density at radius 3 is 2.65 bits per heavy atom. The first-order valence-corrected chi connectivity index (χ1v) is 8.48. The number of piperidine rings is 1. The van der Waals surface area contributed by atoms with Crippen molar-refractivity contribution in [3.8, 4) is 11.4 Å². The van der Waals surface area contributed by atoms with Crippen molar-refractivity contribution in [1.29, 1.82) is 0 Å². The zero-order chi connectivity index (χ0) is 15.6. The summed E-state index contributed by atoms with van der Waals surface area (Å²) in [5, 5.41) is 3.43. The summed E-state index contributed by atoms with van der Waals surface area (Å²) >= 11 is 0. The molecule has 0 atom stereocenters. The highest BCUT2D eigenvalue weighted by atomic mass is 15.2. The van der Waals surface area contributed by atoms with Gasteiger partial charge in [0, 0.05) is 36.8 Å². The number of benzene rings is 1. The minimum Gasteiger partial charge on any atom is -0.356 e. The number of rotatable bonds is 2. The molecule has 3 heterocycles. The van der Waals surface area contributed by atoms with Crippen molar-refractivity contribution in [3.63, 3.8) is 0 Å². The lowest BCUT2D eigenvalue weighted by molar-refractivity contribution is 0.495. The molecule has 1 saturated heterocycles. The predicted molar refractivity (Wildman–Crippen MR) is 92.3 cm³/mol. The zero-order valence-electron chi connectivity index (χ0n) is 13.3. The molecule has 120 valence electrons. The number of aromatic nitrogens is 2. The fraction of sp³-hybridized carbons (Fsp3) is 0.444. The van der Waals surface area contributed by atoms with Gasteiger partial charge in [-0.05, 0) is 25.8 Å². The molecular weight excluding hydrogens is 286 g/mol. The first kappa shape index (κ1) is 14.6. The second-order valence-electron chi connectivity index (χ2n) is 6.41. The lowest BCUT2D eigenvalue weighted by atomic mass is 10.0. The van der Waals surface area contributed by atoms with Gasteiger partial charge in [0.15, 0.2) is 5.82 Å². The van der Waals surface area contributed by atoms with Crippen LogP contribution in [0.25, 0.3) is 11.4 Å². The standard InChI is InChI=1S/C18H23N5/c19-14-7-10-23(11-8-14)18-15-6-9-20-12-16(15)21-17(22-18)13-4-2-1-3-5-13/h1-5,14,20H,6-12,19H2. The van der Waals surface area contributed by atoms with Crippen molar-refractivity contribution >= 4 is 5.82 Å². The third kappa shape index (κ3) is 2.94. The molecule has 0 radical (unpaired) electrons. The van der Waals surface area contributed by atoms with E-state index in [-0.39, 0.29) is 0 Å². The first-order valence-electron chi connectivity index (χ1n) is 8.48. The largest absolute Gasteiger partial charge is 0.356 e. The average Bonchev–Trinajstić information content (AvgIpc) is 2.62. The average molecular weight is 309 g/mol. The highest BCUT2D eigenvalue weighted by molar-refractivity contribution is 5.61. The van der Waals surface area contributed by atoms with Gasteiger partial charge in [0.05, 0.1) is 5.69 Å². The van der Waals surface area contributed by atoms with Gasteiger partial charge in [0.1, 0.15) is 5.82 Å². The molecule has 0 spiro atoms. The van der Waals surface area contributed by atoms with Gasteiger partial charge in [-0.2, -0.15) is 0 Å². The van der Waals surface area contributed by atoms with E-state index in [1.54, 1.807) is 0 Å². The molecule has 5 nitrogen and oxygen atoms in total. The van der Waals surface area contributed by atoms with E-state index in [0.717, 1.165) is 68.3 Å². The minimum absolute atomic E-state index is 0.333. The summed E-state index contributed by atoms with van der Waals surface area (Å²) in [6.45, 7) is 3.82. The summed E-state index contributed by atoms with van der Waals surface area (Å²) in [5.41, 5.74) is 9.61. The molecule has 0 saturated carbocycles. The maximum absolute atomic E-state index is 6.06. The summed E-state index contributed by atoms with van der Waals surface area (Å²) in [5.74, 6) is 1.96. The number of nitrogens with one attached hydrogen (secondary N) is 1. The van der Waals surface area contributed by atoms with Crippen LogP contribution in [-0.4, -0.2) is 35.6 Å². The normalized spacial score (nSPS) is 18.7. The third-order valence-electron chi connectivity index (χ3n) is 4.79. The van der Waals surface area contributed by atoms with Gasteiger partial charge in [-0.1, -0.05) is 30.3 Å². The smallest absolute Gasteiger partial charge is 0.161 e. The molecule has 0 aliphatic carbocycles. The fourth-order valence-electron chi connectivity index (χ4n) is 3.43. The quantitative estimate of drug-likeness (QED) is 0.884. The zero-order valence-corrected chi connectivity index (χ0v) is 13.3. The van der Waals surface area contributed by atoms with Gasteiger partial charge in [-0.3, -0.25) is 0 Å². The van der Waals surface area contributed by atoms with Crippen LogP contribution in [0.5, 0.6) is 0 Å². The maximum Gasteiger partial charge on any atom is 0.161 e. The molecule has 4 rings (SSSR count). The molecular formula is C18H23N5. The van der Waals surface area contributed by atoms with E-state index in [2.05, 4.69) is 22.3 Å². The number of hydrogen-bond acceptors (Lipinski definition) is 5. The number of fused-ring (bicyclic) bond motifs is 1. The van der Waals surface area contributed by atoms with Crippen LogP contribution in [0.15, 0.2) is 30.3 Å². The molecule has 0 amide bonds. The topological polar surface area (TPSA) is 67.1 Å². The molecule has 1 aromatic heterocycles. The van der Waals surface area contributed by atoms with Gasteiger partial charge in [0.2, 0.25) is 0 Å². The highest BCUT2D eigenvalue weighted by Gasteiger charge is 2.24. The summed E-state index contributed by atoms with van der Waals surface area (Å²) in [4.78, 5) is 12.2. The van der Waals surface area contributed by atoms with Crippen LogP contribution in [-0.2, 0) is 13.0 Å². The predicted octanol–water partition coefficient (Wildman–Crippen LogP) is 1.72. The Bertz CT molecular complexity index is 677. The Morgan fingerprint density at radius 1 is 1.09 bits per heavy atom. The van der Waals surface area contributed by atoms with Crippen LogP contribution in [0.1, 0.15) is 24.1 Å². The first-order chi connectivity index (χ1) is 11.3. The summed E-state index contributed by atoms with van der Waals surface area (Å²) < 4.78 is 0. The number of nitrogens with two attached hydrogens (primary N) is 1. The van der Waals surface area contributed by atoms with E-state index in [9.17, 15) is 0 Å². The van der Waals surface area contributed by atoms with Gasteiger partial charge in [-0.15, -0.1) is 0 Å². The Balaban J connectivity index is 1.77. The SMILES string of the molecule is NC1CCN(c2nc(-c3ccccc3)nc3c2CCNC3)CC1. The fourth-order valence-corrected chi connectivity index (χ4v) is 3.43. The van der Waals surface area contributed by atoms with Gasteiger partial charge in [-0.25, -0.2) is 9.97 Å². The maximum atomic E-state index is 6.06. The van der Waals surface area contributed by atoms with Crippen LogP contribution in [0.4, 0.5) is 5.82 Å². The summed E-state index contributed by atoms with van der Waals surface area (Å²) in [6, 6.07) is 10.6. The lowest BCUT2D eigenvalue weighted by Gasteiger charge is -2.34. The molecule has 0 unspecified atom stereocenters. The van der Waals surface area contributed by atoms with Gasteiger partial charge >= 0.3 is 0 Å². The Morgan fingerprint density at radius 2 is 1.87 bits per heavy atom. The van der Waals surface area contributed by atoms with E-state index >= 15 is 0 Å². The van der Waals surface area contributed by atoms with Gasteiger partial charge < -0.3 is 16.0 Å². The lowest BCUT2D eigenvalue weighted by Crippen LogP contribution is -2.41. The van der Waals surface area contributed by atoms with Crippen LogP contribution < -0.4 is 16.0 Å². The van der Waals surface area contributed by atoms with Crippen LogP contribution >= 0.6 is 0 Å². The van der Waals surface area contributed by atoms with Crippen molar-refractivity contribution in [2.24, 2.45) is 5.73 Å². The molecule has 0 bridgehead atoms. The van der Waals surface area contributed by atoms with Crippen molar-refractivity contribution in [1.82, 2.24) is 15.3 Å². The van der Waals surface area contributed by atoms with Crippen molar-refractivity contribution in [2.45, 2.75) is 31.8 Å². The second-order valence-corrected chi connectivity index (χ2v) is 6.41. The monoisotopic (exact) mass is 309 g/mol. The Kier molecular flexibility index (Phi) is 3.97. The summed E-state index contributed by atoms with van der Waals surface area (Å²) in [6.07, 6.45) is 3.08. The molecule has 1 fully saturated rings. The molecule has 2 aliphatic heterocycles. The van der Waals surface area contributed by atoms with E-state index in [4.69, 9.17) is 15.7 Å². The van der Waals surface area contributed by atoms with Crippen LogP contribution in [0.3, 0.4) is 0 Å². The highest BCUT2D eigenvalue weighted by Crippen LogP contribution is 2.29. The van der Waals surface area contributed by atoms with E-state index < -0.39 is 0 Å². The number of hydrogen-bond donors (Lipinski definition) is 2. The summed E-state index contributed by atoms with van der Waals surface area (Å²) in [7, 11) is 0. The Labute approximate surface area is 136 Å². The van der Waals surface area contributed by atoms with E-state index in [1.807, 2.05) is 18.2 Å². The van der Waals surface area contributed by atoms with Crippen LogP contribution in [0.2, 0.25) is 0 Å². The van der Waals surface area contributed by atoms with E-state index in [0.29, 0.717) is 6.04 Å². The van der Waals surface area contributed by atoms with Crippen molar-refractivity contribution in [3.05, 3.63) is 41.6 Å². The molecule has 2 aliphatic rings. The van der Waals surface area contributed by atoms with Gasteiger partial charge in [0.25, 0.3) is 0 Å². The molecule has 2 aromatic rings. The van der Waals surface area contributed by atoms with Crippen molar-refractivity contribution in [2.75, 3.05) is 24.5 Å². The molecule has 5 heteroatoms. The molecule has 23 heavy (non-hydrogen) atoms. The Hall–Kier alpha value is -1.98. The number of anilines is 1. The number of nitrogens with zero attached hydrogens (tertiary/aromatic N) is 3. The van der Waals surface area contributed by atoms with Crippen molar-refractivity contribution < 1.29 is 0 Å². The second kappa shape index (κ2) is 6.26. The molecule has 3 N–H and O–H groups in total. The molecule has 1 aromatic carbocycles.